The fourth-order valence-electron chi connectivity index (χ4n) is 3.13. The molecular formula is C24H22ClFN4O2. The van der Waals surface area contributed by atoms with Gasteiger partial charge in [0.15, 0.2) is 0 Å². The van der Waals surface area contributed by atoms with Crippen LogP contribution in [0.3, 0.4) is 0 Å². The molecule has 8 heteroatoms. The Morgan fingerprint density at radius 1 is 1.06 bits per heavy atom. The van der Waals surface area contributed by atoms with Crippen LogP contribution in [0.25, 0.3) is 11.1 Å². The monoisotopic (exact) mass is 452 g/mol. The van der Waals surface area contributed by atoms with Crippen molar-refractivity contribution in [2.24, 2.45) is 0 Å². The van der Waals surface area contributed by atoms with Crippen molar-refractivity contribution in [2.45, 2.75) is 26.0 Å². The first-order chi connectivity index (χ1) is 15.3. The molecule has 3 N–H and O–H groups in total. The normalized spacial score (nSPS) is 12.5. The Hall–Kier alpha value is -3.58. The van der Waals surface area contributed by atoms with Gasteiger partial charge < -0.3 is 20.9 Å². The van der Waals surface area contributed by atoms with Gasteiger partial charge in [-0.15, -0.1) is 0 Å². The van der Waals surface area contributed by atoms with Crippen LogP contribution in [0.5, 0.6) is 0 Å². The largest absolute Gasteiger partial charge is 0.442 e. The van der Waals surface area contributed by atoms with E-state index in [0.717, 1.165) is 11.1 Å². The molecule has 6 nitrogen and oxygen atoms in total. The van der Waals surface area contributed by atoms with E-state index in [9.17, 15) is 9.18 Å². The molecule has 0 aliphatic rings. The Bertz CT molecular complexity index is 1130. The zero-order valence-electron chi connectivity index (χ0n) is 17.5. The van der Waals surface area contributed by atoms with Crippen molar-refractivity contribution >= 4 is 29.1 Å². The lowest BCUT2D eigenvalue weighted by atomic mass is 9.97. The third kappa shape index (κ3) is 5.56. The van der Waals surface area contributed by atoms with Gasteiger partial charge in [0, 0.05) is 28.1 Å². The number of carbonyl (C=O) groups is 1. The summed E-state index contributed by atoms with van der Waals surface area (Å²) in [5, 5.41) is 19.6. The zero-order chi connectivity index (χ0) is 23.3. The lowest BCUT2D eigenvalue weighted by Crippen LogP contribution is -2.45. The molecule has 0 aliphatic heterocycles. The Labute approximate surface area is 190 Å². The first-order valence-corrected chi connectivity index (χ1v) is 10.2. The summed E-state index contributed by atoms with van der Waals surface area (Å²) < 4.78 is 18.4. The number of aromatic nitrogens is 1. The summed E-state index contributed by atoms with van der Waals surface area (Å²) in [4.78, 5) is 16.1. The second-order valence-corrected chi connectivity index (χ2v) is 7.60. The highest BCUT2D eigenvalue weighted by Crippen LogP contribution is 2.25. The highest BCUT2D eigenvalue weighted by atomic mass is 35.5. The molecule has 1 heterocycles. The number of nitrogens with zero attached hydrogens (tertiary/aromatic N) is 1. The van der Waals surface area contributed by atoms with Crippen LogP contribution < -0.4 is 5.32 Å². The number of amides is 1. The number of benzene rings is 2. The SMILES string of the molecule is CC(=N)C(NC(=O)OC(C)c1ccccc1Cl)C(=N)c1ccc(-c2ccc(F)nc2)cc1. The van der Waals surface area contributed by atoms with Crippen molar-refractivity contribution in [1.82, 2.24) is 10.3 Å². The summed E-state index contributed by atoms with van der Waals surface area (Å²) in [6.45, 7) is 3.21. The third-order valence-corrected chi connectivity index (χ3v) is 5.21. The maximum Gasteiger partial charge on any atom is 0.408 e. The Morgan fingerprint density at radius 3 is 2.31 bits per heavy atom. The van der Waals surface area contributed by atoms with Crippen molar-refractivity contribution in [1.29, 1.82) is 10.8 Å². The van der Waals surface area contributed by atoms with Crippen molar-refractivity contribution in [3.63, 3.8) is 0 Å². The molecule has 3 rings (SSSR count). The highest BCUT2D eigenvalue weighted by Gasteiger charge is 2.23. The van der Waals surface area contributed by atoms with Gasteiger partial charge in [0.1, 0.15) is 12.1 Å². The lowest BCUT2D eigenvalue weighted by molar-refractivity contribution is 0.107. The van der Waals surface area contributed by atoms with Crippen molar-refractivity contribution < 1.29 is 13.9 Å². The number of rotatable bonds is 7. The number of halogens is 2. The van der Waals surface area contributed by atoms with E-state index < -0.39 is 24.2 Å². The molecule has 1 aromatic heterocycles. The predicted molar refractivity (Wildman–Crippen MR) is 123 cm³/mol. The topological polar surface area (TPSA) is 98.9 Å². The Kier molecular flexibility index (Phi) is 7.33. The summed E-state index contributed by atoms with van der Waals surface area (Å²) in [5.74, 6) is -0.557. The average Bonchev–Trinajstić information content (AvgIpc) is 2.77. The molecule has 0 aliphatic carbocycles. The summed E-state index contributed by atoms with van der Waals surface area (Å²) in [6.07, 6.45) is 0.0683. The molecule has 164 valence electrons. The number of hydrogen-bond acceptors (Lipinski definition) is 5. The van der Waals surface area contributed by atoms with Crippen LogP contribution >= 0.6 is 11.6 Å². The minimum absolute atomic E-state index is 0.0450. The molecule has 32 heavy (non-hydrogen) atoms. The molecule has 0 bridgehead atoms. The number of carbonyl (C=O) groups excluding carboxylic acids is 1. The van der Waals surface area contributed by atoms with Crippen LogP contribution in [0.2, 0.25) is 5.02 Å². The number of ether oxygens (including phenoxy) is 1. The summed E-state index contributed by atoms with van der Waals surface area (Å²) in [6, 6.07) is 15.9. The van der Waals surface area contributed by atoms with Gasteiger partial charge in [-0.25, -0.2) is 9.78 Å². The van der Waals surface area contributed by atoms with Crippen molar-refractivity contribution in [3.05, 3.63) is 89.0 Å². The van der Waals surface area contributed by atoms with Gasteiger partial charge in [-0.1, -0.05) is 54.1 Å². The van der Waals surface area contributed by atoms with E-state index in [1.807, 2.05) is 0 Å². The molecule has 2 aromatic carbocycles. The van der Waals surface area contributed by atoms with Gasteiger partial charge in [0.2, 0.25) is 5.95 Å². The van der Waals surface area contributed by atoms with Gasteiger partial charge in [-0.2, -0.15) is 4.39 Å². The molecular weight excluding hydrogens is 431 g/mol. The van der Waals surface area contributed by atoms with Crippen LogP contribution in [-0.2, 0) is 4.74 Å². The fraction of sp³-hybridized carbons (Fsp3) is 0.167. The van der Waals surface area contributed by atoms with E-state index in [2.05, 4.69) is 10.3 Å². The van der Waals surface area contributed by atoms with Crippen LogP contribution in [0.15, 0.2) is 66.9 Å². The lowest BCUT2D eigenvalue weighted by Gasteiger charge is -2.21. The van der Waals surface area contributed by atoms with E-state index in [-0.39, 0.29) is 11.4 Å². The first kappa shape index (κ1) is 23.1. The maximum absolute atomic E-state index is 13.0. The fourth-order valence-corrected chi connectivity index (χ4v) is 3.42. The standard InChI is InChI=1S/C24H22ClFN4O2/c1-14(27)23(30-24(31)32-15(2)19-5-3-4-6-20(19)25)22(28)17-9-7-16(8-10-17)18-11-12-21(26)29-13-18/h3-13,15,23,27-28H,1-2H3,(H,30,31). The predicted octanol–water partition coefficient (Wildman–Crippen LogP) is 5.80. The Balaban J connectivity index is 1.70. The molecule has 3 aromatic rings. The van der Waals surface area contributed by atoms with E-state index in [1.165, 1.54) is 19.2 Å². The zero-order valence-corrected chi connectivity index (χ0v) is 18.3. The molecule has 0 spiro atoms. The first-order valence-electron chi connectivity index (χ1n) is 9.83. The van der Waals surface area contributed by atoms with Gasteiger partial charge in [0.25, 0.3) is 0 Å². The number of pyridine rings is 1. The number of hydrogen-bond donors (Lipinski definition) is 3. The minimum atomic E-state index is -0.959. The van der Waals surface area contributed by atoms with Gasteiger partial charge in [0.05, 0.1) is 5.71 Å². The van der Waals surface area contributed by atoms with Crippen molar-refractivity contribution in [2.75, 3.05) is 0 Å². The van der Waals surface area contributed by atoms with Gasteiger partial charge in [-0.3, -0.25) is 0 Å². The molecule has 0 radical (unpaired) electrons. The van der Waals surface area contributed by atoms with Crippen LogP contribution in [0.1, 0.15) is 31.1 Å². The minimum Gasteiger partial charge on any atom is -0.442 e. The Morgan fingerprint density at radius 2 is 1.72 bits per heavy atom. The average molecular weight is 453 g/mol. The van der Waals surface area contributed by atoms with E-state index in [4.69, 9.17) is 27.2 Å². The van der Waals surface area contributed by atoms with Gasteiger partial charge in [-0.05, 0) is 43.2 Å². The van der Waals surface area contributed by atoms with Crippen molar-refractivity contribution in [3.8, 4) is 11.1 Å². The summed E-state index contributed by atoms with van der Waals surface area (Å²) in [7, 11) is 0. The quantitative estimate of drug-likeness (QED) is 0.312. The molecule has 0 saturated carbocycles. The van der Waals surface area contributed by atoms with E-state index in [1.54, 1.807) is 61.5 Å². The summed E-state index contributed by atoms with van der Waals surface area (Å²) in [5.41, 5.74) is 2.86. The second kappa shape index (κ2) is 10.2. The smallest absolute Gasteiger partial charge is 0.408 e. The molecule has 2 unspecified atom stereocenters. The molecule has 2 atom stereocenters. The van der Waals surface area contributed by atoms with E-state index >= 15 is 0 Å². The molecule has 1 amide bonds. The highest BCUT2D eigenvalue weighted by molar-refractivity contribution is 6.31. The third-order valence-electron chi connectivity index (χ3n) is 4.87. The summed E-state index contributed by atoms with van der Waals surface area (Å²) >= 11 is 6.15. The second-order valence-electron chi connectivity index (χ2n) is 7.19. The van der Waals surface area contributed by atoms with E-state index in [0.29, 0.717) is 16.1 Å². The number of alkyl carbamates (subject to hydrolysis) is 1. The molecule has 0 fully saturated rings. The van der Waals surface area contributed by atoms with Crippen LogP contribution in [0.4, 0.5) is 9.18 Å². The van der Waals surface area contributed by atoms with Crippen LogP contribution in [0, 0.1) is 16.8 Å². The number of nitrogens with one attached hydrogen (secondary N) is 3. The van der Waals surface area contributed by atoms with Gasteiger partial charge >= 0.3 is 6.09 Å². The maximum atomic E-state index is 13.0. The molecule has 0 saturated heterocycles. The van der Waals surface area contributed by atoms with Crippen LogP contribution in [-0.4, -0.2) is 28.5 Å².